The van der Waals surface area contributed by atoms with Crippen molar-refractivity contribution >= 4 is 82.8 Å². The van der Waals surface area contributed by atoms with Crippen molar-refractivity contribution in [3.8, 4) is 0 Å². The lowest BCUT2D eigenvalue weighted by Gasteiger charge is -2.27. The normalized spacial score (nSPS) is 19.8. The number of fused-ring (bicyclic) bond motifs is 2. The number of nitrogens with zero attached hydrogens (tertiary/aromatic N) is 2. The number of carboxylic acid groups (broad SMARTS) is 1. The van der Waals surface area contributed by atoms with Crippen molar-refractivity contribution in [2.24, 2.45) is 0 Å². The third kappa shape index (κ3) is 9.99. The number of rotatable bonds is 16. The maximum atomic E-state index is 11.9. The van der Waals surface area contributed by atoms with Crippen molar-refractivity contribution in [2.45, 2.75) is 74.5 Å². The van der Waals surface area contributed by atoms with Crippen LogP contribution < -0.4 is 9.80 Å². The van der Waals surface area contributed by atoms with Crippen LogP contribution in [0, 0.1) is 7.14 Å². The molecular weight excluding hydrogens is 906 g/mol. The van der Waals surface area contributed by atoms with Gasteiger partial charge in [-0.25, -0.2) is 0 Å². The van der Waals surface area contributed by atoms with Gasteiger partial charge < -0.3 is 14.9 Å². The highest BCUT2D eigenvalue weighted by molar-refractivity contribution is 14.1. The van der Waals surface area contributed by atoms with Crippen LogP contribution in [0.3, 0.4) is 0 Å². The number of anilines is 2. The van der Waals surface area contributed by atoms with Crippen molar-refractivity contribution < 1.29 is 35.8 Å². The summed E-state index contributed by atoms with van der Waals surface area (Å²) in [5, 5.41) is 9.06. The molecule has 3 N–H and O–H groups in total. The van der Waals surface area contributed by atoms with Crippen LogP contribution in [0.1, 0.15) is 69.9 Å². The summed E-state index contributed by atoms with van der Waals surface area (Å²) in [6.07, 6.45) is 18.3. The zero-order valence-corrected chi connectivity index (χ0v) is 34.3. The highest BCUT2D eigenvalue weighted by Gasteiger charge is 2.42. The van der Waals surface area contributed by atoms with Gasteiger partial charge in [0.25, 0.3) is 20.2 Å². The first-order chi connectivity index (χ1) is 23.4. The van der Waals surface area contributed by atoms with E-state index < -0.39 is 31.6 Å². The minimum absolute atomic E-state index is 0.182. The second-order valence-corrected chi connectivity index (χ2v) is 18.8. The van der Waals surface area contributed by atoms with Crippen molar-refractivity contribution in [3.05, 3.63) is 96.8 Å². The van der Waals surface area contributed by atoms with E-state index >= 15 is 0 Å². The van der Waals surface area contributed by atoms with E-state index in [1.165, 1.54) is 30.5 Å². The second kappa shape index (κ2) is 16.6. The van der Waals surface area contributed by atoms with E-state index in [2.05, 4.69) is 81.4 Å². The smallest absolute Gasteiger partial charge is 0.303 e. The average Bonchev–Trinajstić information content (AvgIpc) is 3.39. The molecule has 10 nitrogen and oxygen atoms in total. The van der Waals surface area contributed by atoms with Gasteiger partial charge in [-0.3, -0.25) is 13.9 Å². The Balaban J connectivity index is 1.57. The van der Waals surface area contributed by atoms with Crippen molar-refractivity contribution in [3.63, 3.8) is 0 Å². The number of likely N-dealkylation sites (N-methyl/N-ethyl adjacent to an activating group) is 1. The Labute approximate surface area is 323 Å². The van der Waals surface area contributed by atoms with E-state index in [4.69, 9.17) is 9.66 Å². The summed E-state index contributed by atoms with van der Waals surface area (Å²) >= 11 is 4.77. The van der Waals surface area contributed by atoms with Gasteiger partial charge >= 0.3 is 5.97 Å². The van der Waals surface area contributed by atoms with E-state index in [0.717, 1.165) is 42.8 Å². The molecule has 1 unspecified atom stereocenters. The maximum absolute atomic E-state index is 11.9. The number of benzene rings is 2. The molecule has 0 spiro atoms. The molecule has 50 heavy (non-hydrogen) atoms. The fourth-order valence-electron chi connectivity index (χ4n) is 6.95. The summed E-state index contributed by atoms with van der Waals surface area (Å²) < 4.78 is 67.6. The van der Waals surface area contributed by atoms with Gasteiger partial charge in [-0.2, -0.15) is 16.8 Å². The van der Waals surface area contributed by atoms with Crippen LogP contribution in [0.15, 0.2) is 83.5 Å². The van der Waals surface area contributed by atoms with Crippen LogP contribution in [0.4, 0.5) is 11.4 Å². The van der Waals surface area contributed by atoms with Crippen LogP contribution in [0.25, 0.3) is 0 Å². The van der Waals surface area contributed by atoms with Gasteiger partial charge in [-0.05, 0) is 113 Å². The largest absolute Gasteiger partial charge is 0.481 e. The molecule has 2 aromatic rings. The molecule has 2 heterocycles. The Morgan fingerprint density at radius 2 is 1.60 bits per heavy atom. The predicted octanol–water partition coefficient (Wildman–Crippen LogP) is 7.88. The van der Waals surface area contributed by atoms with Gasteiger partial charge in [0.2, 0.25) is 0 Å². The summed E-state index contributed by atoms with van der Waals surface area (Å²) in [6, 6.07) is 8.90. The van der Waals surface area contributed by atoms with Crippen LogP contribution in [-0.2, 0) is 35.9 Å². The highest BCUT2D eigenvalue weighted by Crippen LogP contribution is 2.49. The SMILES string of the molecule is CN1CC(C=CC=CC=CC=C2N(CCCCS(=O)(=O)O)c3ccc(S(=O)(=O)O)cc3C2(C)C)(CCCCCC(=O)O)c2c(I)cc(I)cc21. The third-order valence-corrected chi connectivity index (χ3v) is 12.4. The Hall–Kier alpha value is -2.25. The summed E-state index contributed by atoms with van der Waals surface area (Å²) in [5.74, 6) is -1.11. The molecule has 272 valence electrons. The molecule has 0 radical (unpaired) electrons. The molecule has 2 aliphatic rings. The molecule has 0 bridgehead atoms. The van der Waals surface area contributed by atoms with E-state index in [9.17, 15) is 26.2 Å². The number of carboxylic acids is 1. The fraction of sp³-hybridized carbons (Fsp3) is 0.417. The maximum Gasteiger partial charge on any atom is 0.303 e. The Morgan fingerprint density at radius 3 is 2.28 bits per heavy atom. The second-order valence-electron chi connectivity index (χ2n) is 13.4. The van der Waals surface area contributed by atoms with Crippen LogP contribution >= 0.6 is 45.2 Å². The van der Waals surface area contributed by atoms with Gasteiger partial charge in [0.05, 0.1) is 10.6 Å². The average molecular weight is 951 g/mol. The quantitative estimate of drug-likeness (QED) is 0.0656. The lowest BCUT2D eigenvalue weighted by molar-refractivity contribution is -0.137. The standard InChI is InChI=1S/C36H44I2N2O8S2/c1-35(2)28-24-27(50(46,47)48)16-17-30(28)40(20-12-13-21-49(43,44)45)32(35)14-8-5-4-6-10-18-36(19-11-7-9-15-33(41)42)25-39(3)31-23-26(37)22-29(38)34(31)36/h4-6,8,10,14,16-18,22-24H,7,9,11-13,15,19-21,25H2,1-3H3,(H,41,42)(H,43,44,45)(H,46,47,48). The minimum atomic E-state index is -4.41. The summed E-state index contributed by atoms with van der Waals surface area (Å²) in [5.41, 5.74) is 4.07. The summed E-state index contributed by atoms with van der Waals surface area (Å²) in [6.45, 7) is 5.21. The van der Waals surface area contributed by atoms with E-state index in [1.54, 1.807) is 6.07 Å². The van der Waals surface area contributed by atoms with E-state index in [1.807, 2.05) is 49.1 Å². The highest BCUT2D eigenvalue weighted by atomic mass is 127. The van der Waals surface area contributed by atoms with Gasteiger partial charge in [0.1, 0.15) is 0 Å². The molecule has 0 aliphatic carbocycles. The molecule has 2 aliphatic heterocycles. The molecule has 2 aromatic carbocycles. The van der Waals surface area contributed by atoms with Crippen molar-refractivity contribution in [2.75, 3.05) is 35.7 Å². The van der Waals surface area contributed by atoms with Gasteiger partial charge in [-0.15, -0.1) is 0 Å². The van der Waals surface area contributed by atoms with Crippen molar-refractivity contribution in [1.82, 2.24) is 0 Å². The first-order valence-electron chi connectivity index (χ1n) is 16.4. The number of hydrogen-bond donors (Lipinski definition) is 3. The van der Waals surface area contributed by atoms with Crippen LogP contribution in [0.5, 0.6) is 0 Å². The Morgan fingerprint density at radius 1 is 0.900 bits per heavy atom. The zero-order valence-electron chi connectivity index (χ0n) is 28.3. The van der Waals surface area contributed by atoms with Gasteiger partial charge in [-0.1, -0.05) is 63.1 Å². The first kappa shape index (κ1) is 40.5. The topological polar surface area (TPSA) is 153 Å². The number of unbranched alkanes of at least 4 members (excludes halogenated alkanes) is 3. The van der Waals surface area contributed by atoms with Gasteiger partial charge in [0.15, 0.2) is 0 Å². The lowest BCUT2D eigenvalue weighted by Crippen LogP contribution is -2.30. The van der Waals surface area contributed by atoms with Crippen LogP contribution in [0.2, 0.25) is 0 Å². The summed E-state index contributed by atoms with van der Waals surface area (Å²) in [7, 11) is -6.38. The van der Waals surface area contributed by atoms with Gasteiger partial charge in [0, 0.05) is 67.2 Å². The monoisotopic (exact) mass is 950 g/mol. The molecular formula is C36H44I2N2O8S2. The molecule has 0 amide bonds. The number of hydrogen-bond acceptors (Lipinski definition) is 7. The van der Waals surface area contributed by atoms with Crippen LogP contribution in [-0.4, -0.2) is 62.9 Å². The number of carbonyl (C=O) groups is 1. The minimum Gasteiger partial charge on any atom is -0.481 e. The Bertz CT molecular complexity index is 1940. The predicted molar refractivity (Wildman–Crippen MR) is 215 cm³/mol. The molecule has 4 rings (SSSR count). The summed E-state index contributed by atoms with van der Waals surface area (Å²) in [4.78, 5) is 15.2. The zero-order chi connectivity index (χ0) is 36.9. The van der Waals surface area contributed by atoms with E-state index in [0.29, 0.717) is 19.4 Å². The lowest BCUT2D eigenvalue weighted by atomic mass is 9.77. The fourth-order valence-corrected chi connectivity index (χ4v) is 10.4. The molecule has 1 atom stereocenters. The Kier molecular flexibility index (Phi) is 13.5. The molecule has 14 heteroatoms. The molecule has 0 saturated carbocycles. The van der Waals surface area contributed by atoms with Crippen molar-refractivity contribution in [1.29, 1.82) is 0 Å². The van der Waals surface area contributed by atoms with E-state index in [-0.39, 0.29) is 28.9 Å². The first-order valence-corrected chi connectivity index (χ1v) is 21.6. The number of aliphatic carboxylic acids is 1. The number of allylic oxidation sites excluding steroid dienone is 7. The molecule has 0 aromatic heterocycles. The third-order valence-electron chi connectivity index (χ3n) is 9.29. The molecule has 0 saturated heterocycles. The number of halogens is 2. The molecule has 0 fully saturated rings.